The van der Waals surface area contributed by atoms with Crippen molar-refractivity contribution in [2.45, 2.75) is 6.18 Å². The number of hydrogen-bond acceptors (Lipinski definition) is 2. The van der Waals surface area contributed by atoms with E-state index in [1.54, 1.807) is 0 Å². The van der Waals surface area contributed by atoms with E-state index in [0.717, 1.165) is 6.07 Å². The summed E-state index contributed by atoms with van der Waals surface area (Å²) in [6, 6.07) is 2.11. The molecular weight excluding hydrogens is 408 g/mol. The third-order valence-electron chi connectivity index (χ3n) is 2.95. The third kappa shape index (κ3) is 3.48. The monoisotopic (exact) mass is 413 g/mol. The fourth-order valence-corrected chi connectivity index (χ4v) is 2.26. The van der Waals surface area contributed by atoms with Gasteiger partial charge in [-0.05, 0) is 40.2 Å². The van der Waals surface area contributed by atoms with E-state index in [1.165, 1.54) is 0 Å². The van der Waals surface area contributed by atoms with Crippen LogP contribution in [0.25, 0.3) is 0 Å². The maximum atomic E-state index is 13.5. The molecule has 0 fully saturated rings. The lowest BCUT2D eigenvalue weighted by Crippen LogP contribution is -2.12. The van der Waals surface area contributed by atoms with E-state index in [0.29, 0.717) is 6.07 Å². The summed E-state index contributed by atoms with van der Waals surface area (Å²) in [5.41, 5.74) is -3.38. The van der Waals surface area contributed by atoms with Crippen LogP contribution >= 0.6 is 15.9 Å². The highest BCUT2D eigenvalue weighted by molar-refractivity contribution is 9.10. The van der Waals surface area contributed by atoms with Crippen molar-refractivity contribution >= 4 is 33.3 Å². The molecule has 0 unspecified atom stereocenters. The molecule has 2 rings (SSSR count). The quantitative estimate of drug-likeness (QED) is 0.528. The Kier molecular flexibility index (Phi) is 4.79. The summed E-state index contributed by atoms with van der Waals surface area (Å²) in [7, 11) is 0. The van der Waals surface area contributed by atoms with Crippen molar-refractivity contribution in [1.29, 1.82) is 0 Å². The minimum absolute atomic E-state index is 0.196. The van der Waals surface area contributed by atoms with E-state index < -0.39 is 50.9 Å². The predicted octanol–water partition coefficient (Wildman–Crippen LogP) is 5.33. The molecule has 0 saturated heterocycles. The number of aromatic carboxylic acids is 1. The first kappa shape index (κ1) is 18.1. The molecule has 24 heavy (non-hydrogen) atoms. The van der Waals surface area contributed by atoms with Crippen LogP contribution in [0.2, 0.25) is 0 Å². The number of nitrogens with one attached hydrogen (secondary N) is 1. The van der Waals surface area contributed by atoms with Crippen LogP contribution in [0.15, 0.2) is 28.7 Å². The Balaban J connectivity index is 2.60. The highest BCUT2D eigenvalue weighted by Crippen LogP contribution is 2.37. The summed E-state index contributed by atoms with van der Waals surface area (Å²) in [6.45, 7) is 0. The first-order chi connectivity index (χ1) is 11.0. The first-order valence-electron chi connectivity index (χ1n) is 6.07. The number of carbonyl (C=O) groups is 1. The van der Waals surface area contributed by atoms with E-state index in [9.17, 15) is 31.1 Å². The highest BCUT2D eigenvalue weighted by Gasteiger charge is 2.35. The topological polar surface area (TPSA) is 49.3 Å². The van der Waals surface area contributed by atoms with E-state index in [2.05, 4.69) is 21.2 Å². The zero-order chi connectivity index (χ0) is 18.2. The Labute approximate surface area is 139 Å². The van der Waals surface area contributed by atoms with Gasteiger partial charge in [0.25, 0.3) is 0 Å². The molecule has 128 valence electrons. The molecule has 0 aromatic heterocycles. The lowest BCUT2D eigenvalue weighted by molar-refractivity contribution is -0.139. The van der Waals surface area contributed by atoms with Crippen molar-refractivity contribution < 1.29 is 36.2 Å². The molecule has 3 nitrogen and oxygen atoms in total. The summed E-state index contributed by atoms with van der Waals surface area (Å²) < 4.78 is 77.8. The SMILES string of the molecule is O=C(O)c1cc(F)c(C(F)(F)F)cc1Nc1ccc(F)c(F)c1Br. The molecule has 0 aliphatic heterocycles. The van der Waals surface area contributed by atoms with Gasteiger partial charge in [0.05, 0.1) is 27.0 Å². The molecule has 2 aromatic rings. The molecule has 0 heterocycles. The molecule has 2 N–H and O–H groups in total. The van der Waals surface area contributed by atoms with Gasteiger partial charge in [0.2, 0.25) is 0 Å². The van der Waals surface area contributed by atoms with Gasteiger partial charge in [-0.15, -0.1) is 0 Å². The lowest BCUT2D eigenvalue weighted by Gasteiger charge is -2.15. The van der Waals surface area contributed by atoms with Crippen LogP contribution in [0.3, 0.4) is 0 Å². The zero-order valence-electron chi connectivity index (χ0n) is 11.3. The fourth-order valence-electron chi connectivity index (χ4n) is 1.84. The summed E-state index contributed by atoms with van der Waals surface area (Å²) in [6.07, 6.45) is -5.07. The maximum Gasteiger partial charge on any atom is 0.419 e. The second kappa shape index (κ2) is 6.34. The first-order valence-corrected chi connectivity index (χ1v) is 6.86. The summed E-state index contributed by atoms with van der Waals surface area (Å²) in [4.78, 5) is 11.1. The Hall–Kier alpha value is -2.23. The van der Waals surface area contributed by atoms with Gasteiger partial charge in [0.15, 0.2) is 11.6 Å². The molecule has 0 saturated carbocycles. The van der Waals surface area contributed by atoms with Crippen molar-refractivity contribution in [2.75, 3.05) is 5.32 Å². The number of carboxylic acid groups (broad SMARTS) is 1. The van der Waals surface area contributed by atoms with Crippen LogP contribution in [0.5, 0.6) is 0 Å². The Morgan fingerprint density at radius 1 is 1.04 bits per heavy atom. The number of rotatable bonds is 3. The summed E-state index contributed by atoms with van der Waals surface area (Å²) >= 11 is 2.70. The normalized spacial score (nSPS) is 11.5. The second-order valence-corrected chi connectivity index (χ2v) is 5.32. The van der Waals surface area contributed by atoms with Crippen molar-refractivity contribution in [3.8, 4) is 0 Å². The average Bonchev–Trinajstić information content (AvgIpc) is 2.47. The van der Waals surface area contributed by atoms with Gasteiger partial charge >= 0.3 is 12.1 Å². The highest BCUT2D eigenvalue weighted by atomic mass is 79.9. The Bertz CT molecular complexity index is 822. The van der Waals surface area contributed by atoms with Crippen LogP contribution in [0.4, 0.5) is 37.7 Å². The number of hydrogen-bond donors (Lipinski definition) is 2. The molecule has 0 aliphatic carbocycles. The van der Waals surface area contributed by atoms with Crippen molar-refractivity contribution in [1.82, 2.24) is 0 Å². The van der Waals surface area contributed by atoms with Crippen molar-refractivity contribution in [2.24, 2.45) is 0 Å². The summed E-state index contributed by atoms with van der Waals surface area (Å²) in [5.74, 6) is -6.02. The lowest BCUT2D eigenvalue weighted by atomic mass is 10.1. The molecule has 10 heteroatoms. The van der Waals surface area contributed by atoms with Gasteiger partial charge in [-0.25, -0.2) is 18.0 Å². The molecular formula is C14H6BrF6NO2. The number of alkyl halides is 3. The van der Waals surface area contributed by atoms with E-state index in [1.807, 2.05) is 0 Å². The molecule has 0 bridgehead atoms. The van der Waals surface area contributed by atoms with Crippen LogP contribution in [0, 0.1) is 17.5 Å². The number of carboxylic acids is 1. The Morgan fingerprint density at radius 2 is 1.67 bits per heavy atom. The minimum atomic E-state index is -5.07. The van der Waals surface area contributed by atoms with Crippen LogP contribution < -0.4 is 5.32 Å². The van der Waals surface area contributed by atoms with E-state index in [-0.39, 0.29) is 17.8 Å². The molecule has 0 spiro atoms. The standard InChI is InChI=1S/C14H6BrF6NO2/c15-11-9(2-1-7(16)12(11)18)22-10-4-6(14(19,20)21)8(17)3-5(10)13(23)24/h1-4,22H,(H,23,24). The second-order valence-electron chi connectivity index (χ2n) is 4.53. The number of halogens is 7. The van der Waals surface area contributed by atoms with Crippen molar-refractivity contribution in [3.05, 3.63) is 57.3 Å². The fraction of sp³-hybridized carbons (Fsp3) is 0.0714. The van der Waals surface area contributed by atoms with Crippen molar-refractivity contribution in [3.63, 3.8) is 0 Å². The molecule has 0 amide bonds. The van der Waals surface area contributed by atoms with E-state index >= 15 is 0 Å². The number of anilines is 2. The largest absolute Gasteiger partial charge is 0.478 e. The van der Waals surface area contributed by atoms with E-state index in [4.69, 9.17) is 5.11 Å². The molecule has 0 radical (unpaired) electrons. The summed E-state index contributed by atoms with van der Waals surface area (Å²) in [5, 5.41) is 11.2. The van der Waals surface area contributed by atoms with Crippen LogP contribution in [0.1, 0.15) is 15.9 Å². The molecule has 2 aromatic carbocycles. The maximum absolute atomic E-state index is 13.5. The zero-order valence-corrected chi connectivity index (χ0v) is 12.9. The minimum Gasteiger partial charge on any atom is -0.478 e. The number of benzene rings is 2. The Morgan fingerprint density at radius 3 is 2.21 bits per heavy atom. The molecule has 0 aliphatic rings. The van der Waals surface area contributed by atoms with Crippen LogP contribution in [-0.2, 0) is 6.18 Å². The van der Waals surface area contributed by atoms with Gasteiger partial charge in [0, 0.05) is 0 Å². The van der Waals surface area contributed by atoms with Crippen LogP contribution in [-0.4, -0.2) is 11.1 Å². The predicted molar refractivity (Wildman–Crippen MR) is 75.7 cm³/mol. The van der Waals surface area contributed by atoms with Gasteiger partial charge < -0.3 is 10.4 Å². The van der Waals surface area contributed by atoms with Gasteiger partial charge in [-0.2, -0.15) is 13.2 Å². The van der Waals surface area contributed by atoms with Gasteiger partial charge in [0.1, 0.15) is 5.82 Å². The van der Waals surface area contributed by atoms with Gasteiger partial charge in [-0.3, -0.25) is 0 Å². The third-order valence-corrected chi connectivity index (χ3v) is 3.72. The smallest absolute Gasteiger partial charge is 0.419 e. The average molecular weight is 414 g/mol. The molecule has 0 atom stereocenters. The van der Waals surface area contributed by atoms with Gasteiger partial charge in [-0.1, -0.05) is 0 Å².